The molecule has 1 saturated carbocycles. The minimum absolute atomic E-state index is 0.435. The van der Waals surface area contributed by atoms with Gasteiger partial charge in [0, 0.05) is 19.2 Å². The Balaban J connectivity index is 1.55. The van der Waals surface area contributed by atoms with Crippen LogP contribution in [0.5, 0.6) is 0 Å². The van der Waals surface area contributed by atoms with E-state index in [9.17, 15) is 0 Å². The Labute approximate surface area is 122 Å². The summed E-state index contributed by atoms with van der Waals surface area (Å²) < 4.78 is 6.10. The fourth-order valence-electron chi connectivity index (χ4n) is 3.27. The number of hydrogen-bond acceptors (Lipinski definition) is 2. The molecule has 2 fully saturated rings. The standard InChI is InChI=1S/C18H27NO/c1-14(15-6-3-2-4-7-15)12-18-16(8-5-11-20-18)13-19-17-9-10-17/h2-4,6-7,14,16-19H,5,8-13H2,1H3. The summed E-state index contributed by atoms with van der Waals surface area (Å²) in [6, 6.07) is 11.7. The third kappa shape index (κ3) is 3.83. The van der Waals surface area contributed by atoms with Crippen LogP contribution >= 0.6 is 0 Å². The molecular weight excluding hydrogens is 246 g/mol. The van der Waals surface area contributed by atoms with Crippen LogP contribution in [0.1, 0.15) is 50.5 Å². The predicted molar refractivity (Wildman–Crippen MR) is 83.0 cm³/mol. The molecule has 0 spiro atoms. The molecule has 2 heteroatoms. The van der Waals surface area contributed by atoms with E-state index in [-0.39, 0.29) is 0 Å². The summed E-state index contributed by atoms with van der Waals surface area (Å²) in [6.45, 7) is 4.43. The van der Waals surface area contributed by atoms with Crippen LogP contribution in [0.25, 0.3) is 0 Å². The molecule has 1 N–H and O–H groups in total. The van der Waals surface area contributed by atoms with Crippen LogP contribution in [0.15, 0.2) is 30.3 Å². The highest BCUT2D eigenvalue weighted by Crippen LogP contribution is 2.30. The third-order valence-electron chi connectivity index (χ3n) is 4.78. The first kappa shape index (κ1) is 14.1. The fraction of sp³-hybridized carbons (Fsp3) is 0.667. The fourth-order valence-corrected chi connectivity index (χ4v) is 3.27. The monoisotopic (exact) mass is 273 g/mol. The molecule has 1 heterocycles. The van der Waals surface area contributed by atoms with Gasteiger partial charge < -0.3 is 10.1 Å². The topological polar surface area (TPSA) is 21.3 Å². The van der Waals surface area contributed by atoms with Crippen LogP contribution in [0.2, 0.25) is 0 Å². The van der Waals surface area contributed by atoms with E-state index in [1.807, 2.05) is 0 Å². The molecule has 0 aromatic heterocycles. The van der Waals surface area contributed by atoms with Crippen LogP contribution in [0.4, 0.5) is 0 Å². The van der Waals surface area contributed by atoms with Crippen LogP contribution in [-0.2, 0) is 4.74 Å². The Kier molecular flexibility index (Phi) is 4.74. The van der Waals surface area contributed by atoms with Gasteiger partial charge in [-0.05, 0) is 49.5 Å². The summed E-state index contributed by atoms with van der Waals surface area (Å²) in [5, 5.41) is 3.69. The SMILES string of the molecule is CC(CC1OCCCC1CNC1CC1)c1ccccc1. The highest BCUT2D eigenvalue weighted by Gasteiger charge is 2.29. The smallest absolute Gasteiger partial charge is 0.0621 e. The molecule has 2 aliphatic rings. The van der Waals surface area contributed by atoms with Crippen LogP contribution in [0.3, 0.4) is 0 Å². The first-order valence-corrected chi connectivity index (χ1v) is 8.23. The van der Waals surface area contributed by atoms with E-state index in [1.165, 1.54) is 31.2 Å². The van der Waals surface area contributed by atoms with Gasteiger partial charge in [0.2, 0.25) is 0 Å². The average molecular weight is 273 g/mol. The van der Waals surface area contributed by atoms with Crippen molar-refractivity contribution in [2.45, 2.75) is 57.1 Å². The highest BCUT2D eigenvalue weighted by atomic mass is 16.5. The van der Waals surface area contributed by atoms with Crippen molar-refractivity contribution in [1.82, 2.24) is 5.32 Å². The first-order chi connectivity index (χ1) is 9.83. The van der Waals surface area contributed by atoms with Crippen LogP contribution < -0.4 is 5.32 Å². The molecule has 1 aromatic carbocycles. The zero-order valence-corrected chi connectivity index (χ0v) is 12.6. The zero-order chi connectivity index (χ0) is 13.8. The number of ether oxygens (including phenoxy) is 1. The van der Waals surface area contributed by atoms with Gasteiger partial charge in [-0.2, -0.15) is 0 Å². The Morgan fingerprint density at radius 2 is 2.00 bits per heavy atom. The quantitative estimate of drug-likeness (QED) is 0.853. The molecule has 110 valence electrons. The normalized spacial score (nSPS) is 28.2. The van der Waals surface area contributed by atoms with Gasteiger partial charge in [0.1, 0.15) is 0 Å². The van der Waals surface area contributed by atoms with Gasteiger partial charge in [0.05, 0.1) is 6.10 Å². The molecule has 20 heavy (non-hydrogen) atoms. The van der Waals surface area contributed by atoms with Crippen molar-refractivity contribution in [1.29, 1.82) is 0 Å². The molecule has 0 bridgehead atoms. The molecule has 1 aliphatic carbocycles. The first-order valence-electron chi connectivity index (χ1n) is 8.23. The van der Waals surface area contributed by atoms with Gasteiger partial charge in [-0.1, -0.05) is 37.3 Å². The summed E-state index contributed by atoms with van der Waals surface area (Å²) in [4.78, 5) is 0. The lowest BCUT2D eigenvalue weighted by molar-refractivity contribution is -0.0331. The Hall–Kier alpha value is -0.860. The van der Waals surface area contributed by atoms with Gasteiger partial charge in [-0.25, -0.2) is 0 Å². The van der Waals surface area contributed by atoms with Gasteiger partial charge in [0.25, 0.3) is 0 Å². The summed E-state index contributed by atoms with van der Waals surface area (Å²) in [5.41, 5.74) is 1.44. The summed E-state index contributed by atoms with van der Waals surface area (Å²) >= 11 is 0. The summed E-state index contributed by atoms with van der Waals surface area (Å²) in [6.07, 6.45) is 6.89. The van der Waals surface area contributed by atoms with Crippen molar-refractivity contribution in [3.63, 3.8) is 0 Å². The Morgan fingerprint density at radius 3 is 2.75 bits per heavy atom. The van der Waals surface area contributed by atoms with E-state index in [2.05, 4.69) is 42.6 Å². The minimum Gasteiger partial charge on any atom is -0.378 e. The molecule has 1 aliphatic heterocycles. The van der Waals surface area contributed by atoms with E-state index in [1.54, 1.807) is 0 Å². The molecule has 2 nitrogen and oxygen atoms in total. The van der Waals surface area contributed by atoms with Crippen molar-refractivity contribution in [3.8, 4) is 0 Å². The van der Waals surface area contributed by atoms with E-state index < -0.39 is 0 Å². The second kappa shape index (κ2) is 6.73. The molecular formula is C18H27NO. The second-order valence-electron chi connectivity index (χ2n) is 6.54. The molecule has 0 radical (unpaired) electrons. The highest BCUT2D eigenvalue weighted by molar-refractivity contribution is 5.18. The van der Waals surface area contributed by atoms with Crippen LogP contribution in [0, 0.1) is 5.92 Å². The van der Waals surface area contributed by atoms with Crippen molar-refractivity contribution in [2.24, 2.45) is 5.92 Å². The van der Waals surface area contributed by atoms with Gasteiger partial charge >= 0.3 is 0 Å². The maximum absolute atomic E-state index is 6.10. The minimum atomic E-state index is 0.435. The molecule has 3 rings (SSSR count). The van der Waals surface area contributed by atoms with Gasteiger partial charge in [0.15, 0.2) is 0 Å². The molecule has 3 atom stereocenters. The van der Waals surface area contributed by atoms with E-state index in [4.69, 9.17) is 4.74 Å². The lowest BCUT2D eigenvalue weighted by Crippen LogP contribution is -2.38. The third-order valence-corrected chi connectivity index (χ3v) is 4.78. The Morgan fingerprint density at radius 1 is 1.20 bits per heavy atom. The average Bonchev–Trinajstić information content (AvgIpc) is 3.31. The number of hydrogen-bond donors (Lipinski definition) is 1. The molecule has 3 unspecified atom stereocenters. The van der Waals surface area contributed by atoms with Crippen LogP contribution in [-0.4, -0.2) is 25.3 Å². The molecule has 1 saturated heterocycles. The number of nitrogens with one attached hydrogen (secondary N) is 1. The van der Waals surface area contributed by atoms with Gasteiger partial charge in [-0.15, -0.1) is 0 Å². The van der Waals surface area contributed by atoms with E-state index >= 15 is 0 Å². The number of rotatable bonds is 6. The predicted octanol–water partition coefficient (Wildman–Crippen LogP) is 3.73. The Bertz CT molecular complexity index is 401. The van der Waals surface area contributed by atoms with Crippen molar-refractivity contribution >= 4 is 0 Å². The molecule has 1 aromatic rings. The maximum Gasteiger partial charge on any atom is 0.0621 e. The largest absolute Gasteiger partial charge is 0.378 e. The van der Waals surface area contributed by atoms with Crippen molar-refractivity contribution in [2.75, 3.05) is 13.2 Å². The van der Waals surface area contributed by atoms with Crippen molar-refractivity contribution in [3.05, 3.63) is 35.9 Å². The molecule has 0 amide bonds. The summed E-state index contributed by atoms with van der Waals surface area (Å²) in [7, 11) is 0. The summed E-state index contributed by atoms with van der Waals surface area (Å²) in [5.74, 6) is 1.29. The van der Waals surface area contributed by atoms with E-state index in [0.717, 1.165) is 25.6 Å². The lowest BCUT2D eigenvalue weighted by atomic mass is 9.86. The van der Waals surface area contributed by atoms with E-state index in [0.29, 0.717) is 17.9 Å². The second-order valence-corrected chi connectivity index (χ2v) is 6.54. The van der Waals surface area contributed by atoms with Gasteiger partial charge in [-0.3, -0.25) is 0 Å². The van der Waals surface area contributed by atoms with Crippen molar-refractivity contribution < 1.29 is 4.74 Å². The zero-order valence-electron chi connectivity index (χ0n) is 12.6. The number of benzene rings is 1. The maximum atomic E-state index is 6.10. The lowest BCUT2D eigenvalue weighted by Gasteiger charge is -2.34.